The molecule has 1 aliphatic heterocycles. The fraction of sp³-hybridized carbons (Fsp3) is 0.250. The third-order valence-electron chi connectivity index (χ3n) is 4.71. The Labute approximate surface area is 162 Å². The highest BCUT2D eigenvalue weighted by molar-refractivity contribution is 6.33. The summed E-state index contributed by atoms with van der Waals surface area (Å²) in [5.41, 5.74) is 3.97. The Hall–Kier alpha value is -2.70. The molecule has 4 rings (SSSR count). The van der Waals surface area contributed by atoms with Crippen molar-refractivity contribution in [1.29, 1.82) is 0 Å². The lowest BCUT2D eigenvalue weighted by Crippen LogP contribution is -2.31. The molecule has 138 valence electrons. The van der Waals surface area contributed by atoms with Crippen molar-refractivity contribution in [2.45, 2.75) is 19.5 Å². The second kappa shape index (κ2) is 7.50. The minimum atomic E-state index is -0.0153. The molecule has 2 aromatic heterocycles. The van der Waals surface area contributed by atoms with Crippen molar-refractivity contribution >= 4 is 11.6 Å². The first-order valence-corrected chi connectivity index (χ1v) is 9.05. The van der Waals surface area contributed by atoms with E-state index in [0.29, 0.717) is 23.1 Å². The normalized spacial score (nSPS) is 14.0. The maximum Gasteiger partial charge on any atom is 0.177 e. The first kappa shape index (κ1) is 17.7. The van der Waals surface area contributed by atoms with Gasteiger partial charge in [-0.2, -0.15) is 0 Å². The molecule has 0 radical (unpaired) electrons. The largest absolute Gasteiger partial charge is 0.503 e. The molecule has 27 heavy (non-hydrogen) atoms. The van der Waals surface area contributed by atoms with E-state index in [0.717, 1.165) is 41.9 Å². The van der Waals surface area contributed by atoms with Gasteiger partial charge < -0.3 is 9.84 Å². The summed E-state index contributed by atoms with van der Waals surface area (Å²) >= 11 is 6.30. The van der Waals surface area contributed by atoms with Crippen LogP contribution in [0.25, 0.3) is 11.4 Å². The van der Waals surface area contributed by atoms with Gasteiger partial charge in [0.1, 0.15) is 0 Å². The van der Waals surface area contributed by atoms with Gasteiger partial charge in [0.25, 0.3) is 0 Å². The molecule has 0 bridgehead atoms. The summed E-state index contributed by atoms with van der Waals surface area (Å²) in [4.78, 5) is 15.6. The number of methoxy groups -OCH3 is 1. The van der Waals surface area contributed by atoms with E-state index in [1.54, 1.807) is 18.5 Å². The number of benzene rings is 1. The zero-order valence-corrected chi connectivity index (χ0v) is 15.6. The predicted octanol–water partition coefficient (Wildman–Crippen LogP) is 3.46. The van der Waals surface area contributed by atoms with Crippen molar-refractivity contribution in [3.63, 3.8) is 0 Å². The van der Waals surface area contributed by atoms with Crippen molar-refractivity contribution in [3.05, 3.63) is 64.7 Å². The van der Waals surface area contributed by atoms with Gasteiger partial charge >= 0.3 is 0 Å². The third kappa shape index (κ3) is 3.59. The standard InChI is InChI=1S/C20H19ClN4O2/c1-27-17-5-4-14(18(21)19(17)26)11-25-8-6-16-15(12-25)10-23-20(24-16)13-3-2-7-22-9-13/h2-5,7,9-10,26H,6,8,11-12H2,1H3. The summed E-state index contributed by atoms with van der Waals surface area (Å²) in [7, 11) is 1.51. The van der Waals surface area contributed by atoms with Crippen molar-refractivity contribution in [2.24, 2.45) is 0 Å². The number of nitrogens with zero attached hydrogens (tertiary/aromatic N) is 4. The van der Waals surface area contributed by atoms with Crippen LogP contribution in [0.3, 0.4) is 0 Å². The monoisotopic (exact) mass is 382 g/mol. The molecule has 3 aromatic rings. The van der Waals surface area contributed by atoms with Crippen LogP contribution < -0.4 is 4.74 Å². The van der Waals surface area contributed by atoms with E-state index in [9.17, 15) is 5.11 Å². The highest BCUT2D eigenvalue weighted by atomic mass is 35.5. The van der Waals surface area contributed by atoms with Gasteiger partial charge in [0, 0.05) is 55.8 Å². The topological polar surface area (TPSA) is 71.4 Å². The second-order valence-electron chi connectivity index (χ2n) is 6.46. The maximum absolute atomic E-state index is 10.1. The first-order chi connectivity index (χ1) is 13.2. The summed E-state index contributed by atoms with van der Waals surface area (Å²) < 4.78 is 5.10. The molecule has 1 aliphatic rings. The molecule has 0 atom stereocenters. The molecule has 0 saturated heterocycles. The number of hydrogen-bond acceptors (Lipinski definition) is 6. The Balaban J connectivity index is 1.52. The average molecular weight is 383 g/mol. The summed E-state index contributed by atoms with van der Waals surface area (Å²) in [6, 6.07) is 7.46. The Morgan fingerprint density at radius 2 is 2.15 bits per heavy atom. The van der Waals surface area contributed by atoms with Crippen LogP contribution >= 0.6 is 11.6 Å². The summed E-state index contributed by atoms with van der Waals surface area (Å²) in [6.45, 7) is 2.24. The molecule has 0 fully saturated rings. The number of aromatic nitrogens is 3. The van der Waals surface area contributed by atoms with Crippen molar-refractivity contribution in [2.75, 3.05) is 13.7 Å². The van der Waals surface area contributed by atoms with Gasteiger partial charge in [-0.05, 0) is 23.8 Å². The number of pyridine rings is 1. The number of aromatic hydroxyl groups is 1. The van der Waals surface area contributed by atoms with Gasteiger partial charge in [0.05, 0.1) is 17.8 Å². The summed E-state index contributed by atoms with van der Waals surface area (Å²) in [5, 5.41) is 10.4. The van der Waals surface area contributed by atoms with Crippen LogP contribution in [0.2, 0.25) is 5.02 Å². The maximum atomic E-state index is 10.1. The molecule has 0 amide bonds. The number of fused-ring (bicyclic) bond motifs is 1. The van der Waals surface area contributed by atoms with E-state index in [4.69, 9.17) is 21.3 Å². The van der Waals surface area contributed by atoms with Crippen molar-refractivity contribution in [1.82, 2.24) is 19.9 Å². The predicted molar refractivity (Wildman–Crippen MR) is 103 cm³/mol. The molecule has 0 saturated carbocycles. The van der Waals surface area contributed by atoms with E-state index in [-0.39, 0.29) is 5.75 Å². The number of rotatable bonds is 4. The fourth-order valence-corrected chi connectivity index (χ4v) is 3.48. The summed E-state index contributed by atoms with van der Waals surface area (Å²) in [6.07, 6.45) is 6.24. The van der Waals surface area contributed by atoms with E-state index in [1.807, 2.05) is 24.4 Å². The van der Waals surface area contributed by atoms with Gasteiger partial charge in [-0.25, -0.2) is 9.97 Å². The Bertz CT molecular complexity index is 966. The molecule has 0 unspecified atom stereocenters. The van der Waals surface area contributed by atoms with Crippen molar-refractivity contribution in [3.8, 4) is 22.9 Å². The summed E-state index contributed by atoms with van der Waals surface area (Å²) in [5.74, 6) is 1.07. The Kier molecular flexibility index (Phi) is 4.92. The molecule has 1 aromatic carbocycles. The molecule has 7 heteroatoms. The van der Waals surface area contributed by atoms with E-state index >= 15 is 0 Å². The quantitative estimate of drug-likeness (QED) is 0.745. The van der Waals surface area contributed by atoms with Gasteiger partial charge in [-0.15, -0.1) is 0 Å². The zero-order chi connectivity index (χ0) is 18.8. The number of phenols is 1. The smallest absolute Gasteiger partial charge is 0.177 e. The Morgan fingerprint density at radius 3 is 2.93 bits per heavy atom. The highest BCUT2D eigenvalue weighted by Crippen LogP contribution is 2.37. The van der Waals surface area contributed by atoms with Gasteiger partial charge in [0.2, 0.25) is 0 Å². The highest BCUT2D eigenvalue weighted by Gasteiger charge is 2.21. The first-order valence-electron chi connectivity index (χ1n) is 8.67. The molecular weight excluding hydrogens is 364 g/mol. The van der Waals surface area contributed by atoms with Gasteiger partial charge in [0.15, 0.2) is 17.3 Å². The van der Waals surface area contributed by atoms with E-state index in [2.05, 4.69) is 14.9 Å². The minimum absolute atomic E-state index is 0.0153. The molecule has 0 spiro atoms. The van der Waals surface area contributed by atoms with Gasteiger partial charge in [-0.1, -0.05) is 17.7 Å². The van der Waals surface area contributed by atoms with Crippen LogP contribution in [-0.4, -0.2) is 38.6 Å². The van der Waals surface area contributed by atoms with Crippen LogP contribution in [0.15, 0.2) is 42.9 Å². The lowest BCUT2D eigenvalue weighted by atomic mass is 10.1. The van der Waals surface area contributed by atoms with E-state index in [1.165, 1.54) is 7.11 Å². The minimum Gasteiger partial charge on any atom is -0.503 e. The zero-order valence-electron chi connectivity index (χ0n) is 14.9. The van der Waals surface area contributed by atoms with E-state index < -0.39 is 0 Å². The van der Waals surface area contributed by atoms with Crippen LogP contribution in [0.5, 0.6) is 11.5 Å². The van der Waals surface area contributed by atoms with Gasteiger partial charge in [-0.3, -0.25) is 9.88 Å². The average Bonchev–Trinajstić information content (AvgIpc) is 2.72. The van der Waals surface area contributed by atoms with Crippen molar-refractivity contribution < 1.29 is 9.84 Å². The fourth-order valence-electron chi connectivity index (χ4n) is 3.26. The Morgan fingerprint density at radius 1 is 1.26 bits per heavy atom. The molecular formula is C20H19ClN4O2. The van der Waals surface area contributed by atoms with Crippen LogP contribution in [0.4, 0.5) is 0 Å². The number of hydrogen-bond donors (Lipinski definition) is 1. The van der Waals surface area contributed by atoms with Crippen LogP contribution in [0, 0.1) is 0 Å². The SMILES string of the molecule is COc1ccc(CN2CCc3nc(-c4cccnc4)ncc3C2)c(Cl)c1O. The van der Waals surface area contributed by atoms with Crippen LogP contribution in [0.1, 0.15) is 16.8 Å². The molecule has 6 nitrogen and oxygen atoms in total. The second-order valence-corrected chi connectivity index (χ2v) is 6.84. The number of halogens is 1. The third-order valence-corrected chi connectivity index (χ3v) is 5.13. The molecule has 1 N–H and O–H groups in total. The lowest BCUT2D eigenvalue weighted by Gasteiger charge is -2.28. The molecule has 0 aliphatic carbocycles. The molecule has 3 heterocycles. The lowest BCUT2D eigenvalue weighted by molar-refractivity contribution is 0.242. The number of ether oxygens (including phenoxy) is 1. The van der Waals surface area contributed by atoms with Crippen LogP contribution in [-0.2, 0) is 19.5 Å². The number of phenolic OH excluding ortho intramolecular Hbond substituents is 1.